The lowest BCUT2D eigenvalue weighted by Gasteiger charge is -2.27. The molecule has 17 heavy (non-hydrogen) atoms. The fraction of sp³-hybridized carbons (Fsp3) is 0.538. The lowest BCUT2D eigenvalue weighted by Crippen LogP contribution is -2.34. The molecule has 0 fully saturated rings. The highest BCUT2D eigenvalue weighted by Crippen LogP contribution is 2.24. The van der Waals surface area contributed by atoms with Crippen molar-refractivity contribution in [1.82, 2.24) is 10.3 Å². The normalized spacial score (nSPS) is 13.2. The summed E-state index contributed by atoms with van der Waals surface area (Å²) in [7, 11) is 0. The Hall–Kier alpha value is -0.900. The van der Waals surface area contributed by atoms with Gasteiger partial charge in [-0.25, -0.2) is 4.98 Å². The smallest absolute Gasteiger partial charge is 0.269 e. The van der Waals surface area contributed by atoms with Crippen molar-refractivity contribution in [2.24, 2.45) is 11.3 Å². The topological polar surface area (TPSA) is 42.0 Å². The number of nitrogens with zero attached hydrogens (tertiary/aromatic N) is 1. The van der Waals surface area contributed by atoms with Gasteiger partial charge in [-0.3, -0.25) is 4.79 Å². The van der Waals surface area contributed by atoms with E-state index in [-0.39, 0.29) is 11.3 Å². The van der Waals surface area contributed by atoms with E-state index in [1.165, 1.54) is 0 Å². The van der Waals surface area contributed by atoms with Gasteiger partial charge >= 0.3 is 0 Å². The predicted molar refractivity (Wildman–Crippen MR) is 72.9 cm³/mol. The summed E-state index contributed by atoms with van der Waals surface area (Å²) in [6.07, 6.45) is 1.63. The molecule has 1 N–H and O–H groups in total. The largest absolute Gasteiger partial charge is 0.350 e. The number of nitrogens with one attached hydrogen (secondary N) is 1. The SMILES string of the molecule is CC(CNC(=O)c1ccc(Br)cn1)C(C)(C)C. The van der Waals surface area contributed by atoms with Gasteiger partial charge in [-0.05, 0) is 39.4 Å². The second-order valence-corrected chi connectivity index (χ2v) is 6.25. The van der Waals surface area contributed by atoms with Gasteiger partial charge in [0.05, 0.1) is 0 Å². The Morgan fingerprint density at radius 3 is 2.59 bits per heavy atom. The highest BCUT2D eigenvalue weighted by Gasteiger charge is 2.20. The predicted octanol–water partition coefficient (Wildman–Crippen LogP) is 3.26. The molecule has 0 aliphatic carbocycles. The van der Waals surface area contributed by atoms with Crippen LogP contribution in [0.2, 0.25) is 0 Å². The van der Waals surface area contributed by atoms with Crippen LogP contribution in [0.25, 0.3) is 0 Å². The van der Waals surface area contributed by atoms with Gasteiger partial charge in [0.1, 0.15) is 5.69 Å². The average molecular weight is 299 g/mol. The number of pyridine rings is 1. The van der Waals surface area contributed by atoms with E-state index in [1.54, 1.807) is 12.3 Å². The molecule has 1 unspecified atom stereocenters. The van der Waals surface area contributed by atoms with E-state index in [4.69, 9.17) is 0 Å². The summed E-state index contributed by atoms with van der Waals surface area (Å²) < 4.78 is 0.872. The molecule has 1 atom stereocenters. The first kappa shape index (κ1) is 14.2. The molecule has 1 amide bonds. The average Bonchev–Trinajstić information content (AvgIpc) is 2.25. The number of carbonyl (C=O) groups is 1. The van der Waals surface area contributed by atoms with Crippen LogP contribution in [0.1, 0.15) is 38.2 Å². The summed E-state index contributed by atoms with van der Waals surface area (Å²) in [5.74, 6) is 0.301. The van der Waals surface area contributed by atoms with Crippen LogP contribution in [0.5, 0.6) is 0 Å². The van der Waals surface area contributed by atoms with Crippen molar-refractivity contribution in [1.29, 1.82) is 0 Å². The van der Waals surface area contributed by atoms with E-state index in [1.807, 2.05) is 6.07 Å². The van der Waals surface area contributed by atoms with E-state index in [0.717, 1.165) is 4.47 Å². The van der Waals surface area contributed by atoms with E-state index < -0.39 is 0 Å². The summed E-state index contributed by atoms with van der Waals surface area (Å²) in [5.41, 5.74) is 0.648. The van der Waals surface area contributed by atoms with Crippen molar-refractivity contribution in [3.05, 3.63) is 28.5 Å². The second-order valence-electron chi connectivity index (χ2n) is 5.34. The fourth-order valence-corrected chi connectivity index (χ4v) is 1.39. The number of carbonyl (C=O) groups excluding carboxylic acids is 1. The van der Waals surface area contributed by atoms with Crippen LogP contribution in [0, 0.1) is 11.3 Å². The highest BCUT2D eigenvalue weighted by molar-refractivity contribution is 9.10. The lowest BCUT2D eigenvalue weighted by atomic mass is 9.82. The van der Waals surface area contributed by atoms with E-state index in [2.05, 4.69) is 53.9 Å². The van der Waals surface area contributed by atoms with Crippen molar-refractivity contribution < 1.29 is 4.79 Å². The maximum Gasteiger partial charge on any atom is 0.269 e. The molecule has 1 heterocycles. The minimum atomic E-state index is -0.117. The molecule has 0 aliphatic heterocycles. The molecule has 0 aliphatic rings. The Morgan fingerprint density at radius 2 is 2.12 bits per heavy atom. The number of halogens is 1. The first-order chi connectivity index (χ1) is 7.80. The fourth-order valence-electron chi connectivity index (χ4n) is 1.15. The molecule has 1 aromatic rings. The molecule has 0 bridgehead atoms. The van der Waals surface area contributed by atoms with Gasteiger partial charge in [0.25, 0.3) is 5.91 Å². The zero-order valence-electron chi connectivity index (χ0n) is 10.7. The Morgan fingerprint density at radius 1 is 1.47 bits per heavy atom. The summed E-state index contributed by atoms with van der Waals surface area (Å²) in [6.45, 7) is 9.31. The zero-order chi connectivity index (χ0) is 13.1. The number of rotatable bonds is 3. The third-order valence-corrected chi connectivity index (χ3v) is 3.48. The third kappa shape index (κ3) is 4.46. The zero-order valence-corrected chi connectivity index (χ0v) is 12.3. The van der Waals surface area contributed by atoms with E-state index in [9.17, 15) is 4.79 Å². The Labute approximate surface area is 111 Å². The molecule has 3 nitrogen and oxygen atoms in total. The molecule has 0 aromatic carbocycles. The van der Waals surface area contributed by atoms with E-state index >= 15 is 0 Å². The Balaban J connectivity index is 2.53. The number of hydrogen-bond acceptors (Lipinski definition) is 2. The van der Waals surface area contributed by atoms with Gasteiger partial charge in [-0.1, -0.05) is 27.7 Å². The second kappa shape index (κ2) is 5.63. The summed E-state index contributed by atoms with van der Waals surface area (Å²) in [4.78, 5) is 15.9. The quantitative estimate of drug-likeness (QED) is 0.931. The van der Waals surface area contributed by atoms with Crippen LogP contribution in [0.4, 0.5) is 0 Å². The minimum absolute atomic E-state index is 0.117. The standard InChI is InChI=1S/C13H19BrN2O/c1-9(13(2,3)4)7-16-12(17)11-6-5-10(14)8-15-11/h5-6,8-9H,7H2,1-4H3,(H,16,17). The molecular formula is C13H19BrN2O. The maximum absolute atomic E-state index is 11.8. The van der Waals surface area contributed by atoms with Gasteiger partial charge in [0.15, 0.2) is 0 Å². The summed E-state index contributed by atoms with van der Waals surface area (Å²) in [5, 5.41) is 2.91. The van der Waals surface area contributed by atoms with Crippen LogP contribution in [0.3, 0.4) is 0 Å². The van der Waals surface area contributed by atoms with Crippen molar-refractivity contribution in [2.45, 2.75) is 27.7 Å². The van der Waals surface area contributed by atoms with Gasteiger partial charge < -0.3 is 5.32 Å². The number of aromatic nitrogens is 1. The summed E-state index contributed by atoms with van der Waals surface area (Å²) >= 11 is 3.29. The van der Waals surface area contributed by atoms with E-state index in [0.29, 0.717) is 18.2 Å². The molecule has 1 rings (SSSR count). The van der Waals surface area contributed by atoms with Crippen molar-refractivity contribution in [3.63, 3.8) is 0 Å². The molecule has 1 aromatic heterocycles. The molecule has 0 spiro atoms. The lowest BCUT2D eigenvalue weighted by molar-refractivity contribution is 0.0932. The number of amides is 1. The van der Waals surface area contributed by atoms with Crippen LogP contribution >= 0.6 is 15.9 Å². The van der Waals surface area contributed by atoms with Gasteiger partial charge in [-0.2, -0.15) is 0 Å². The van der Waals surface area contributed by atoms with Crippen molar-refractivity contribution in [2.75, 3.05) is 6.54 Å². The van der Waals surface area contributed by atoms with Crippen LogP contribution in [-0.2, 0) is 0 Å². The van der Waals surface area contributed by atoms with Crippen LogP contribution < -0.4 is 5.32 Å². The van der Waals surface area contributed by atoms with Crippen molar-refractivity contribution >= 4 is 21.8 Å². The summed E-state index contributed by atoms with van der Waals surface area (Å²) in [6, 6.07) is 3.52. The van der Waals surface area contributed by atoms with Crippen LogP contribution in [-0.4, -0.2) is 17.4 Å². The monoisotopic (exact) mass is 298 g/mol. The molecular weight excluding hydrogens is 280 g/mol. The van der Waals surface area contributed by atoms with Gasteiger partial charge in [0.2, 0.25) is 0 Å². The Bertz CT molecular complexity index is 381. The first-order valence-electron chi connectivity index (χ1n) is 5.70. The van der Waals surface area contributed by atoms with Gasteiger partial charge in [-0.15, -0.1) is 0 Å². The van der Waals surface area contributed by atoms with Crippen LogP contribution in [0.15, 0.2) is 22.8 Å². The van der Waals surface area contributed by atoms with Crippen molar-refractivity contribution in [3.8, 4) is 0 Å². The molecule has 0 saturated heterocycles. The molecule has 0 saturated carbocycles. The molecule has 94 valence electrons. The third-order valence-electron chi connectivity index (χ3n) is 3.01. The molecule has 0 radical (unpaired) electrons. The molecule has 4 heteroatoms. The Kier molecular flexibility index (Phi) is 4.69. The van der Waals surface area contributed by atoms with Gasteiger partial charge in [0, 0.05) is 17.2 Å². The minimum Gasteiger partial charge on any atom is -0.350 e. The highest BCUT2D eigenvalue weighted by atomic mass is 79.9. The first-order valence-corrected chi connectivity index (χ1v) is 6.50. The number of hydrogen-bond donors (Lipinski definition) is 1. The maximum atomic E-state index is 11.8.